The Bertz CT molecular complexity index is 260. The molecule has 0 aromatic heterocycles. The summed E-state index contributed by atoms with van der Waals surface area (Å²) in [6, 6.07) is 0. The number of rotatable bonds is 6. The summed E-state index contributed by atoms with van der Waals surface area (Å²) in [7, 11) is 1.51. The first-order valence-electron chi connectivity index (χ1n) is 5.17. The number of ether oxygens (including phenoxy) is 2. The van der Waals surface area contributed by atoms with Gasteiger partial charge in [-0.05, 0) is 6.42 Å². The fourth-order valence-electron chi connectivity index (χ4n) is 1.54. The smallest absolute Gasteiger partial charge is 0.313 e. The van der Waals surface area contributed by atoms with Gasteiger partial charge in [-0.3, -0.25) is 9.59 Å². The van der Waals surface area contributed by atoms with Crippen molar-refractivity contribution in [1.82, 2.24) is 5.32 Å². The minimum Gasteiger partial charge on any atom is -0.481 e. The van der Waals surface area contributed by atoms with Crippen LogP contribution in [0.1, 0.15) is 12.8 Å². The maximum atomic E-state index is 11.3. The fourth-order valence-corrected chi connectivity index (χ4v) is 1.54. The van der Waals surface area contributed by atoms with E-state index in [1.54, 1.807) is 0 Å². The molecule has 2 N–H and O–H groups in total. The highest BCUT2D eigenvalue weighted by molar-refractivity contribution is 5.79. The Kier molecular flexibility index (Phi) is 4.70. The quantitative estimate of drug-likeness (QED) is 0.651. The number of hydrogen-bond acceptors (Lipinski definition) is 4. The summed E-state index contributed by atoms with van der Waals surface area (Å²) in [4.78, 5) is 22.4. The Balaban J connectivity index is 2.39. The van der Waals surface area contributed by atoms with E-state index in [1.165, 1.54) is 7.11 Å². The normalized spacial score (nSPS) is 24.3. The second-order valence-corrected chi connectivity index (χ2v) is 3.91. The summed E-state index contributed by atoms with van der Waals surface area (Å²) >= 11 is 0. The Hall–Kier alpha value is -1.14. The number of amides is 1. The minimum absolute atomic E-state index is 0.116. The van der Waals surface area contributed by atoms with Crippen LogP contribution < -0.4 is 5.32 Å². The molecule has 1 fully saturated rings. The molecule has 0 aliphatic carbocycles. The molecular formula is C10H17NO5. The molecule has 6 nitrogen and oxygen atoms in total. The Labute approximate surface area is 93.9 Å². The molecule has 0 aromatic carbocycles. The highest BCUT2D eigenvalue weighted by Crippen LogP contribution is 2.28. The van der Waals surface area contributed by atoms with E-state index in [0.29, 0.717) is 19.6 Å². The minimum atomic E-state index is -0.956. The molecule has 1 unspecified atom stereocenters. The zero-order valence-electron chi connectivity index (χ0n) is 9.32. The fraction of sp³-hybridized carbons (Fsp3) is 0.800. The average molecular weight is 231 g/mol. The molecular weight excluding hydrogens is 214 g/mol. The molecule has 1 heterocycles. The topological polar surface area (TPSA) is 84.9 Å². The van der Waals surface area contributed by atoms with Crippen LogP contribution in [0.5, 0.6) is 0 Å². The summed E-state index contributed by atoms with van der Waals surface area (Å²) in [6.45, 7) is 1.04. The van der Waals surface area contributed by atoms with E-state index in [4.69, 9.17) is 14.6 Å². The molecule has 6 heteroatoms. The maximum absolute atomic E-state index is 11.3. The van der Waals surface area contributed by atoms with Gasteiger partial charge in [0, 0.05) is 26.7 Å². The van der Waals surface area contributed by atoms with Gasteiger partial charge in [-0.15, -0.1) is 0 Å². The standard InChI is InChI=1S/C10H17NO5/c1-15-4-2-8(12)11-6-10(9(13)14)3-5-16-7-10/h2-7H2,1H3,(H,11,12)(H,13,14). The monoisotopic (exact) mass is 231 g/mol. The van der Waals surface area contributed by atoms with Crippen molar-refractivity contribution in [2.45, 2.75) is 12.8 Å². The van der Waals surface area contributed by atoms with Crippen LogP contribution in [0.4, 0.5) is 0 Å². The first kappa shape index (κ1) is 12.9. The Morgan fingerprint density at radius 2 is 2.31 bits per heavy atom. The number of methoxy groups -OCH3 is 1. The van der Waals surface area contributed by atoms with E-state index < -0.39 is 11.4 Å². The van der Waals surface area contributed by atoms with Crippen molar-refractivity contribution >= 4 is 11.9 Å². The third kappa shape index (κ3) is 3.18. The van der Waals surface area contributed by atoms with Crippen molar-refractivity contribution < 1.29 is 24.2 Å². The third-order valence-electron chi connectivity index (χ3n) is 2.71. The summed E-state index contributed by atoms with van der Waals surface area (Å²) < 4.78 is 9.83. The van der Waals surface area contributed by atoms with Crippen LogP contribution in [0.25, 0.3) is 0 Å². The third-order valence-corrected chi connectivity index (χ3v) is 2.71. The van der Waals surface area contributed by atoms with Crippen LogP contribution in [0.2, 0.25) is 0 Å². The molecule has 1 atom stereocenters. The van der Waals surface area contributed by atoms with Crippen molar-refractivity contribution in [3.8, 4) is 0 Å². The van der Waals surface area contributed by atoms with E-state index in [0.717, 1.165) is 0 Å². The van der Waals surface area contributed by atoms with Crippen molar-refractivity contribution in [2.24, 2.45) is 5.41 Å². The molecule has 1 amide bonds. The molecule has 1 saturated heterocycles. The second-order valence-electron chi connectivity index (χ2n) is 3.91. The zero-order valence-corrected chi connectivity index (χ0v) is 9.32. The van der Waals surface area contributed by atoms with Gasteiger partial charge in [0.15, 0.2) is 0 Å². The van der Waals surface area contributed by atoms with Crippen LogP contribution >= 0.6 is 0 Å². The SMILES string of the molecule is COCCC(=O)NCC1(C(=O)O)CCOC1. The lowest BCUT2D eigenvalue weighted by Gasteiger charge is -2.22. The lowest BCUT2D eigenvalue weighted by atomic mass is 9.87. The van der Waals surface area contributed by atoms with Crippen LogP contribution in [0, 0.1) is 5.41 Å². The lowest BCUT2D eigenvalue weighted by molar-refractivity contribution is -0.148. The number of nitrogens with one attached hydrogen (secondary N) is 1. The predicted molar refractivity (Wildman–Crippen MR) is 55.0 cm³/mol. The van der Waals surface area contributed by atoms with Crippen molar-refractivity contribution in [3.05, 3.63) is 0 Å². The van der Waals surface area contributed by atoms with E-state index >= 15 is 0 Å². The van der Waals surface area contributed by atoms with Gasteiger partial charge in [0.2, 0.25) is 5.91 Å². The number of carbonyl (C=O) groups excluding carboxylic acids is 1. The largest absolute Gasteiger partial charge is 0.481 e. The first-order valence-corrected chi connectivity index (χ1v) is 5.17. The number of carboxylic acids is 1. The van der Waals surface area contributed by atoms with Gasteiger partial charge in [0.05, 0.1) is 13.2 Å². The van der Waals surface area contributed by atoms with Gasteiger partial charge in [-0.1, -0.05) is 0 Å². The van der Waals surface area contributed by atoms with Crippen LogP contribution in [0.3, 0.4) is 0 Å². The molecule has 1 rings (SSSR count). The molecule has 92 valence electrons. The molecule has 0 aromatic rings. The van der Waals surface area contributed by atoms with E-state index in [1.807, 2.05) is 0 Å². The Morgan fingerprint density at radius 3 is 2.81 bits per heavy atom. The van der Waals surface area contributed by atoms with E-state index in [9.17, 15) is 9.59 Å². The molecule has 0 radical (unpaired) electrons. The van der Waals surface area contributed by atoms with Crippen molar-refractivity contribution in [3.63, 3.8) is 0 Å². The summed E-state index contributed by atoms with van der Waals surface area (Å²) in [6.07, 6.45) is 0.681. The Morgan fingerprint density at radius 1 is 1.56 bits per heavy atom. The number of carbonyl (C=O) groups is 2. The lowest BCUT2D eigenvalue weighted by Crippen LogP contribution is -2.43. The summed E-state index contributed by atoms with van der Waals surface area (Å²) in [5.41, 5.74) is -0.956. The van der Waals surface area contributed by atoms with Gasteiger partial charge in [0.1, 0.15) is 5.41 Å². The molecule has 0 spiro atoms. The summed E-state index contributed by atoms with van der Waals surface area (Å²) in [5, 5.41) is 11.7. The molecule has 1 aliphatic rings. The number of carboxylic acid groups (broad SMARTS) is 1. The van der Waals surface area contributed by atoms with Gasteiger partial charge in [0.25, 0.3) is 0 Å². The average Bonchev–Trinajstić information content (AvgIpc) is 2.73. The van der Waals surface area contributed by atoms with Gasteiger partial charge in [-0.25, -0.2) is 0 Å². The highest BCUT2D eigenvalue weighted by Gasteiger charge is 2.42. The van der Waals surface area contributed by atoms with Crippen molar-refractivity contribution in [1.29, 1.82) is 0 Å². The van der Waals surface area contributed by atoms with Crippen molar-refractivity contribution in [2.75, 3.05) is 33.5 Å². The predicted octanol–water partition coefficient (Wildman–Crippen LogP) is -0.370. The van der Waals surface area contributed by atoms with Crippen LogP contribution in [-0.4, -0.2) is 50.5 Å². The van der Waals surface area contributed by atoms with Gasteiger partial charge in [-0.2, -0.15) is 0 Å². The first-order chi connectivity index (χ1) is 7.60. The van der Waals surface area contributed by atoms with Crippen LogP contribution in [-0.2, 0) is 19.1 Å². The number of hydrogen-bond donors (Lipinski definition) is 2. The molecule has 1 aliphatic heterocycles. The van der Waals surface area contributed by atoms with Crippen LogP contribution in [0.15, 0.2) is 0 Å². The molecule has 0 bridgehead atoms. The maximum Gasteiger partial charge on any atom is 0.313 e. The van der Waals surface area contributed by atoms with Gasteiger partial charge >= 0.3 is 5.97 Å². The number of aliphatic carboxylic acids is 1. The second kappa shape index (κ2) is 5.81. The van der Waals surface area contributed by atoms with E-state index in [2.05, 4.69) is 5.32 Å². The highest BCUT2D eigenvalue weighted by atomic mass is 16.5. The molecule has 0 saturated carbocycles. The summed E-state index contributed by atoms with van der Waals surface area (Å²) in [5.74, 6) is -1.12. The zero-order chi connectivity index (χ0) is 12.0. The van der Waals surface area contributed by atoms with E-state index in [-0.39, 0.29) is 25.5 Å². The van der Waals surface area contributed by atoms with Gasteiger partial charge < -0.3 is 19.9 Å². The molecule has 16 heavy (non-hydrogen) atoms.